The molecular weight excluding hydrogens is 267 g/mol. The van der Waals surface area contributed by atoms with Gasteiger partial charge in [0.1, 0.15) is 5.82 Å². The summed E-state index contributed by atoms with van der Waals surface area (Å²) in [5, 5.41) is 6.33. The van der Waals surface area contributed by atoms with Crippen LogP contribution in [-0.2, 0) is 11.2 Å². The summed E-state index contributed by atoms with van der Waals surface area (Å²) in [6.45, 7) is 4.67. The van der Waals surface area contributed by atoms with Crippen LogP contribution in [0.2, 0.25) is 0 Å². The number of hydrogen-bond donors (Lipinski definition) is 2. The number of nitrogens with one attached hydrogen (secondary N) is 2. The smallest absolute Gasteiger partial charge is 0.220 e. The molecule has 1 aliphatic heterocycles. The van der Waals surface area contributed by atoms with Crippen LogP contribution in [-0.4, -0.2) is 25.5 Å². The minimum Gasteiger partial charge on any atom is -0.356 e. The Labute approximate surface area is 126 Å². The Kier molecular flexibility index (Phi) is 6.18. The lowest BCUT2D eigenvalue weighted by atomic mass is 9.94. The van der Waals surface area contributed by atoms with Crippen molar-refractivity contribution >= 4 is 5.91 Å². The maximum absolute atomic E-state index is 13.0. The summed E-state index contributed by atoms with van der Waals surface area (Å²) in [6.07, 6.45) is 4.77. The molecule has 0 bridgehead atoms. The molecule has 1 heterocycles. The number of rotatable bonds is 6. The molecule has 21 heavy (non-hydrogen) atoms. The van der Waals surface area contributed by atoms with Crippen molar-refractivity contribution in [3.63, 3.8) is 0 Å². The Morgan fingerprint density at radius 1 is 1.48 bits per heavy atom. The van der Waals surface area contributed by atoms with Crippen LogP contribution in [0.5, 0.6) is 0 Å². The van der Waals surface area contributed by atoms with Crippen molar-refractivity contribution in [2.24, 2.45) is 5.92 Å². The Morgan fingerprint density at radius 2 is 2.33 bits per heavy atom. The van der Waals surface area contributed by atoms with Crippen LogP contribution < -0.4 is 10.6 Å². The fraction of sp³-hybridized carbons (Fsp3) is 0.588. The summed E-state index contributed by atoms with van der Waals surface area (Å²) in [5.41, 5.74) is 2.03. The highest BCUT2D eigenvalue weighted by molar-refractivity contribution is 5.75. The van der Waals surface area contributed by atoms with Crippen LogP contribution in [0.1, 0.15) is 36.8 Å². The van der Waals surface area contributed by atoms with Crippen LogP contribution in [0.3, 0.4) is 0 Å². The third-order valence-electron chi connectivity index (χ3n) is 4.20. The van der Waals surface area contributed by atoms with E-state index in [0.717, 1.165) is 37.1 Å². The van der Waals surface area contributed by atoms with E-state index in [4.69, 9.17) is 0 Å². The van der Waals surface area contributed by atoms with Gasteiger partial charge in [-0.05, 0) is 74.9 Å². The Morgan fingerprint density at radius 3 is 3.05 bits per heavy atom. The van der Waals surface area contributed by atoms with Crippen molar-refractivity contribution in [2.45, 2.75) is 39.0 Å². The van der Waals surface area contributed by atoms with Crippen molar-refractivity contribution in [3.05, 3.63) is 35.1 Å². The molecule has 4 heteroatoms. The molecule has 2 N–H and O–H groups in total. The van der Waals surface area contributed by atoms with Gasteiger partial charge in [0.15, 0.2) is 0 Å². The second kappa shape index (κ2) is 8.13. The van der Waals surface area contributed by atoms with Gasteiger partial charge in [0.05, 0.1) is 0 Å². The highest BCUT2D eigenvalue weighted by Gasteiger charge is 2.14. The number of halogens is 1. The summed E-state index contributed by atoms with van der Waals surface area (Å²) >= 11 is 0. The van der Waals surface area contributed by atoms with Crippen molar-refractivity contribution in [3.8, 4) is 0 Å². The minimum atomic E-state index is -0.207. The molecule has 0 saturated carbocycles. The van der Waals surface area contributed by atoms with Gasteiger partial charge in [-0.25, -0.2) is 4.39 Å². The monoisotopic (exact) mass is 292 g/mol. The molecule has 0 aliphatic carbocycles. The normalized spacial score (nSPS) is 18.5. The van der Waals surface area contributed by atoms with E-state index in [9.17, 15) is 9.18 Å². The van der Waals surface area contributed by atoms with E-state index in [1.54, 1.807) is 6.07 Å². The molecule has 1 aromatic rings. The van der Waals surface area contributed by atoms with Crippen molar-refractivity contribution in [1.29, 1.82) is 0 Å². The number of hydrogen-bond acceptors (Lipinski definition) is 2. The second-order valence-corrected chi connectivity index (χ2v) is 5.92. The predicted octanol–water partition coefficient (Wildman–Crippen LogP) is 2.57. The standard InChI is InChI=1S/C17H25FN2O/c1-13-11-16(18)6-5-15(13)8-10-20-17(21)7-4-14-3-2-9-19-12-14/h5-6,11,14,19H,2-4,7-10,12H2,1H3,(H,20,21). The quantitative estimate of drug-likeness (QED) is 0.846. The fourth-order valence-electron chi connectivity index (χ4n) is 2.87. The molecule has 1 amide bonds. The zero-order chi connectivity index (χ0) is 15.1. The summed E-state index contributed by atoms with van der Waals surface area (Å²) in [6, 6.07) is 4.80. The molecule has 0 radical (unpaired) electrons. The van der Waals surface area contributed by atoms with E-state index in [1.165, 1.54) is 25.0 Å². The van der Waals surface area contributed by atoms with E-state index < -0.39 is 0 Å². The molecule has 3 nitrogen and oxygen atoms in total. The third-order valence-corrected chi connectivity index (χ3v) is 4.20. The lowest BCUT2D eigenvalue weighted by molar-refractivity contribution is -0.121. The highest BCUT2D eigenvalue weighted by Crippen LogP contribution is 2.15. The van der Waals surface area contributed by atoms with E-state index in [-0.39, 0.29) is 11.7 Å². The van der Waals surface area contributed by atoms with Crippen LogP contribution in [0.15, 0.2) is 18.2 Å². The van der Waals surface area contributed by atoms with Gasteiger partial charge in [0, 0.05) is 13.0 Å². The highest BCUT2D eigenvalue weighted by atomic mass is 19.1. The summed E-state index contributed by atoms with van der Waals surface area (Å²) < 4.78 is 13.0. The Bertz CT molecular complexity index is 470. The van der Waals surface area contributed by atoms with Crippen LogP contribution >= 0.6 is 0 Å². The summed E-state index contributed by atoms with van der Waals surface area (Å²) in [7, 11) is 0. The van der Waals surface area contributed by atoms with Gasteiger partial charge >= 0.3 is 0 Å². The van der Waals surface area contributed by atoms with Gasteiger partial charge in [0.25, 0.3) is 0 Å². The van der Waals surface area contributed by atoms with Gasteiger partial charge < -0.3 is 10.6 Å². The topological polar surface area (TPSA) is 41.1 Å². The van der Waals surface area contributed by atoms with E-state index in [0.29, 0.717) is 18.9 Å². The first kappa shape index (κ1) is 16.0. The molecular formula is C17H25FN2O. The van der Waals surface area contributed by atoms with Gasteiger partial charge in [0.2, 0.25) is 5.91 Å². The van der Waals surface area contributed by atoms with Gasteiger partial charge in [-0.3, -0.25) is 4.79 Å². The Hall–Kier alpha value is -1.42. The molecule has 1 atom stereocenters. The number of carbonyl (C=O) groups excluding carboxylic acids is 1. The SMILES string of the molecule is Cc1cc(F)ccc1CCNC(=O)CCC1CCCNC1. The zero-order valence-electron chi connectivity index (χ0n) is 12.8. The third kappa shape index (κ3) is 5.46. The molecule has 2 rings (SSSR count). The summed E-state index contributed by atoms with van der Waals surface area (Å²) in [5.74, 6) is 0.561. The largest absolute Gasteiger partial charge is 0.356 e. The molecule has 1 aromatic carbocycles. The van der Waals surface area contributed by atoms with Gasteiger partial charge in [-0.2, -0.15) is 0 Å². The van der Waals surface area contributed by atoms with Crippen molar-refractivity contribution in [2.75, 3.05) is 19.6 Å². The number of piperidine rings is 1. The molecule has 116 valence electrons. The average molecular weight is 292 g/mol. The first-order valence-corrected chi connectivity index (χ1v) is 7.87. The van der Waals surface area contributed by atoms with Crippen LogP contribution in [0.25, 0.3) is 0 Å². The lowest BCUT2D eigenvalue weighted by Gasteiger charge is -2.22. The molecule has 0 aromatic heterocycles. The van der Waals surface area contributed by atoms with Crippen molar-refractivity contribution in [1.82, 2.24) is 10.6 Å². The van der Waals surface area contributed by atoms with E-state index in [2.05, 4.69) is 10.6 Å². The minimum absolute atomic E-state index is 0.125. The molecule has 1 aliphatic rings. The van der Waals surface area contributed by atoms with Gasteiger partial charge in [-0.15, -0.1) is 0 Å². The van der Waals surface area contributed by atoms with E-state index in [1.807, 2.05) is 6.92 Å². The molecule has 0 spiro atoms. The number of carbonyl (C=O) groups is 1. The maximum Gasteiger partial charge on any atom is 0.220 e. The Balaban J connectivity index is 1.64. The maximum atomic E-state index is 13.0. The second-order valence-electron chi connectivity index (χ2n) is 5.92. The lowest BCUT2D eigenvalue weighted by Crippen LogP contribution is -2.31. The first-order chi connectivity index (χ1) is 10.1. The molecule has 1 saturated heterocycles. The number of amides is 1. The average Bonchev–Trinajstić information content (AvgIpc) is 2.48. The summed E-state index contributed by atoms with van der Waals surface area (Å²) in [4.78, 5) is 11.8. The fourth-order valence-corrected chi connectivity index (χ4v) is 2.87. The number of aryl methyl sites for hydroxylation is 1. The van der Waals surface area contributed by atoms with E-state index >= 15 is 0 Å². The van der Waals surface area contributed by atoms with Crippen molar-refractivity contribution < 1.29 is 9.18 Å². The van der Waals surface area contributed by atoms with Gasteiger partial charge in [-0.1, -0.05) is 6.07 Å². The van der Waals surface area contributed by atoms with Crippen LogP contribution in [0, 0.1) is 18.7 Å². The van der Waals surface area contributed by atoms with Crippen LogP contribution in [0.4, 0.5) is 4.39 Å². The molecule has 1 fully saturated rings. The molecule has 1 unspecified atom stereocenters. The predicted molar refractivity (Wildman–Crippen MR) is 82.7 cm³/mol. The first-order valence-electron chi connectivity index (χ1n) is 7.87. The number of benzene rings is 1. The zero-order valence-corrected chi connectivity index (χ0v) is 12.8.